The molecule has 108 valence electrons. The molecule has 0 aliphatic rings. The average molecular weight is 320 g/mol. The highest BCUT2D eigenvalue weighted by molar-refractivity contribution is 7.10. The molecule has 0 radical (unpaired) electrons. The first kappa shape index (κ1) is 15.6. The number of nitrogens with one attached hydrogen (secondary N) is 1. The maximum atomic E-state index is 12.2. The average Bonchev–Trinajstić information content (AvgIpc) is 2.90. The Morgan fingerprint density at radius 3 is 2.95 bits per heavy atom. The molecule has 0 bridgehead atoms. The first-order chi connectivity index (χ1) is 10.1. The second kappa shape index (κ2) is 7.28. The van der Waals surface area contributed by atoms with Crippen LogP contribution in [-0.4, -0.2) is 17.6 Å². The van der Waals surface area contributed by atoms with E-state index in [1.807, 2.05) is 18.4 Å². The van der Waals surface area contributed by atoms with Crippen LogP contribution in [0.3, 0.4) is 0 Å². The Balaban J connectivity index is 2.06. The van der Waals surface area contributed by atoms with E-state index in [0.29, 0.717) is 17.1 Å². The van der Waals surface area contributed by atoms with Crippen LogP contribution in [0.1, 0.15) is 26.4 Å². The van der Waals surface area contributed by atoms with Gasteiger partial charge in [0.15, 0.2) is 0 Å². The molecule has 1 aromatic carbocycles. The van der Waals surface area contributed by atoms with E-state index < -0.39 is 0 Å². The fourth-order valence-electron chi connectivity index (χ4n) is 1.86. The lowest BCUT2D eigenvalue weighted by atomic mass is 10.1. The number of rotatable bonds is 3. The fourth-order valence-corrected chi connectivity index (χ4v) is 2.86. The van der Waals surface area contributed by atoms with Crippen molar-refractivity contribution in [1.29, 1.82) is 0 Å². The second-order valence-electron chi connectivity index (χ2n) is 4.36. The van der Waals surface area contributed by atoms with Gasteiger partial charge in [-0.05, 0) is 42.1 Å². The smallest absolute Gasteiger partial charge is 0.251 e. The van der Waals surface area contributed by atoms with Crippen LogP contribution in [0.25, 0.3) is 0 Å². The molecule has 3 nitrogen and oxygen atoms in total. The molecule has 2 rings (SSSR count). The summed E-state index contributed by atoms with van der Waals surface area (Å²) >= 11 is 7.41. The van der Waals surface area contributed by atoms with Crippen molar-refractivity contribution in [3.8, 4) is 11.8 Å². The number of aliphatic hydroxyl groups is 1. The summed E-state index contributed by atoms with van der Waals surface area (Å²) in [4.78, 5) is 13.1. The van der Waals surface area contributed by atoms with Crippen LogP contribution < -0.4 is 5.32 Å². The van der Waals surface area contributed by atoms with Gasteiger partial charge in [0, 0.05) is 21.0 Å². The van der Waals surface area contributed by atoms with Crippen molar-refractivity contribution >= 4 is 28.8 Å². The van der Waals surface area contributed by atoms with Gasteiger partial charge in [0.2, 0.25) is 0 Å². The molecule has 1 amide bonds. The molecule has 0 saturated heterocycles. The molecule has 0 unspecified atom stereocenters. The Morgan fingerprint density at radius 2 is 2.24 bits per heavy atom. The van der Waals surface area contributed by atoms with Gasteiger partial charge in [0.05, 0.1) is 6.54 Å². The minimum Gasteiger partial charge on any atom is -0.384 e. The Kier molecular flexibility index (Phi) is 5.40. The number of halogens is 1. The van der Waals surface area contributed by atoms with Crippen molar-refractivity contribution in [2.45, 2.75) is 13.5 Å². The lowest BCUT2D eigenvalue weighted by Crippen LogP contribution is -2.23. The highest BCUT2D eigenvalue weighted by Gasteiger charge is 2.10. The third-order valence-electron chi connectivity index (χ3n) is 2.89. The summed E-state index contributed by atoms with van der Waals surface area (Å²) < 4.78 is 0. The van der Waals surface area contributed by atoms with Crippen molar-refractivity contribution in [1.82, 2.24) is 5.32 Å². The third kappa shape index (κ3) is 4.08. The second-order valence-corrected chi connectivity index (χ2v) is 5.80. The topological polar surface area (TPSA) is 49.3 Å². The molecule has 21 heavy (non-hydrogen) atoms. The maximum Gasteiger partial charge on any atom is 0.251 e. The Morgan fingerprint density at radius 1 is 1.43 bits per heavy atom. The van der Waals surface area contributed by atoms with Crippen molar-refractivity contribution < 1.29 is 9.90 Å². The van der Waals surface area contributed by atoms with Gasteiger partial charge in [-0.25, -0.2) is 0 Å². The number of aliphatic hydroxyl groups excluding tert-OH is 1. The van der Waals surface area contributed by atoms with Gasteiger partial charge in [-0.15, -0.1) is 11.3 Å². The maximum absolute atomic E-state index is 12.2. The van der Waals surface area contributed by atoms with Crippen LogP contribution in [0.15, 0.2) is 29.6 Å². The van der Waals surface area contributed by atoms with E-state index in [4.69, 9.17) is 16.7 Å². The molecular weight excluding hydrogens is 306 g/mol. The molecule has 0 saturated carbocycles. The normalized spacial score (nSPS) is 9.86. The fraction of sp³-hybridized carbons (Fsp3) is 0.188. The molecule has 0 fully saturated rings. The van der Waals surface area contributed by atoms with Crippen LogP contribution in [0, 0.1) is 18.8 Å². The number of hydrogen-bond acceptors (Lipinski definition) is 3. The van der Waals surface area contributed by atoms with Gasteiger partial charge in [-0.3, -0.25) is 4.79 Å². The van der Waals surface area contributed by atoms with E-state index in [2.05, 4.69) is 17.2 Å². The third-order valence-corrected chi connectivity index (χ3v) is 4.05. The predicted octanol–water partition coefficient (Wildman–Crippen LogP) is 2.98. The van der Waals surface area contributed by atoms with Gasteiger partial charge < -0.3 is 10.4 Å². The summed E-state index contributed by atoms with van der Waals surface area (Å²) in [7, 11) is 0. The number of thiophene rings is 1. The largest absolute Gasteiger partial charge is 0.384 e. The quantitative estimate of drug-likeness (QED) is 0.855. The van der Waals surface area contributed by atoms with Crippen LogP contribution in [0.2, 0.25) is 5.02 Å². The first-order valence-electron chi connectivity index (χ1n) is 6.32. The minimum atomic E-state index is -0.175. The van der Waals surface area contributed by atoms with Crippen molar-refractivity contribution in [3.05, 3.63) is 56.2 Å². The standard InChI is InChI=1S/C16H14ClNO2S/c1-11-9-13(17)4-5-14(11)16(20)18-10-15-12(3-2-7-19)6-8-21-15/h4-6,8-9,19H,7,10H2,1H3,(H,18,20). The SMILES string of the molecule is Cc1cc(Cl)ccc1C(=O)NCc1sccc1C#CCO. The van der Waals surface area contributed by atoms with Crippen LogP contribution in [0.4, 0.5) is 0 Å². The van der Waals surface area contributed by atoms with E-state index in [0.717, 1.165) is 16.0 Å². The van der Waals surface area contributed by atoms with Crippen molar-refractivity contribution in [2.24, 2.45) is 0 Å². The van der Waals surface area contributed by atoms with Crippen molar-refractivity contribution in [2.75, 3.05) is 6.61 Å². The lowest BCUT2D eigenvalue weighted by molar-refractivity contribution is 0.0950. The Bertz CT molecular complexity index is 713. The molecule has 1 heterocycles. The Labute approximate surface area is 132 Å². The molecule has 1 aromatic heterocycles. The number of hydrogen-bond donors (Lipinski definition) is 2. The molecule has 2 N–H and O–H groups in total. The van der Waals surface area contributed by atoms with Crippen molar-refractivity contribution in [3.63, 3.8) is 0 Å². The van der Waals surface area contributed by atoms with Gasteiger partial charge in [0.25, 0.3) is 5.91 Å². The van der Waals surface area contributed by atoms with Gasteiger partial charge in [-0.2, -0.15) is 0 Å². The van der Waals surface area contributed by atoms with Crippen LogP contribution >= 0.6 is 22.9 Å². The number of carbonyl (C=O) groups is 1. The highest BCUT2D eigenvalue weighted by atomic mass is 35.5. The van der Waals surface area contributed by atoms with Gasteiger partial charge >= 0.3 is 0 Å². The first-order valence-corrected chi connectivity index (χ1v) is 7.58. The number of amides is 1. The zero-order valence-corrected chi connectivity index (χ0v) is 13.0. The number of aryl methyl sites for hydroxylation is 1. The van der Waals surface area contributed by atoms with Crippen LogP contribution in [0.5, 0.6) is 0 Å². The monoisotopic (exact) mass is 319 g/mol. The lowest BCUT2D eigenvalue weighted by Gasteiger charge is -2.07. The molecular formula is C16H14ClNO2S. The summed E-state index contributed by atoms with van der Waals surface area (Å²) in [5, 5.41) is 14.1. The van der Waals surface area contributed by atoms with E-state index in [1.165, 1.54) is 11.3 Å². The summed E-state index contributed by atoms with van der Waals surface area (Å²) in [6.45, 7) is 2.09. The molecule has 0 spiro atoms. The molecule has 0 atom stereocenters. The molecule has 0 aliphatic heterocycles. The summed E-state index contributed by atoms with van der Waals surface area (Å²) in [6, 6.07) is 7.06. The molecule has 5 heteroatoms. The zero-order chi connectivity index (χ0) is 15.2. The van der Waals surface area contributed by atoms with Crippen LogP contribution in [-0.2, 0) is 6.54 Å². The summed E-state index contributed by atoms with van der Waals surface area (Å²) in [6.07, 6.45) is 0. The number of benzene rings is 1. The minimum absolute atomic E-state index is 0.140. The van der Waals surface area contributed by atoms with Gasteiger partial charge in [-0.1, -0.05) is 23.4 Å². The molecule has 0 aliphatic carbocycles. The van der Waals surface area contributed by atoms with Gasteiger partial charge in [0.1, 0.15) is 6.61 Å². The summed E-state index contributed by atoms with van der Waals surface area (Å²) in [5.74, 6) is 5.34. The molecule has 2 aromatic rings. The summed E-state index contributed by atoms with van der Waals surface area (Å²) in [5.41, 5.74) is 2.28. The van der Waals surface area contributed by atoms with E-state index in [-0.39, 0.29) is 12.5 Å². The number of carbonyl (C=O) groups excluding carboxylic acids is 1. The van der Waals surface area contributed by atoms with E-state index in [9.17, 15) is 4.79 Å². The Hall–Kier alpha value is -1.80. The predicted molar refractivity (Wildman–Crippen MR) is 85.6 cm³/mol. The van der Waals surface area contributed by atoms with E-state index >= 15 is 0 Å². The highest BCUT2D eigenvalue weighted by Crippen LogP contribution is 2.17. The van der Waals surface area contributed by atoms with E-state index in [1.54, 1.807) is 18.2 Å². The zero-order valence-electron chi connectivity index (χ0n) is 11.4.